The molecule has 0 radical (unpaired) electrons. The van der Waals surface area contributed by atoms with E-state index in [0.717, 1.165) is 28.2 Å². The van der Waals surface area contributed by atoms with Crippen LogP contribution in [0, 0.1) is 6.92 Å². The maximum absolute atomic E-state index is 11.7. The molecule has 1 amide bonds. The molecule has 1 N–H and O–H groups in total. The van der Waals surface area contributed by atoms with Crippen LogP contribution in [0.15, 0.2) is 72.8 Å². The van der Waals surface area contributed by atoms with Crippen molar-refractivity contribution in [2.24, 2.45) is 0 Å². The molecular weight excluding hydrogens is 376 g/mol. The third-order valence-electron chi connectivity index (χ3n) is 4.80. The Labute approximate surface area is 175 Å². The SMILES string of the molecule is CNC(=O)c1ccc(Oc2cccc(N(C)c3nc(C)nc4ccccc34)c2)cc1. The molecule has 1 heterocycles. The van der Waals surface area contributed by atoms with Crippen molar-refractivity contribution in [1.82, 2.24) is 15.3 Å². The molecule has 0 saturated carbocycles. The highest BCUT2D eigenvalue weighted by molar-refractivity contribution is 5.94. The van der Waals surface area contributed by atoms with Crippen LogP contribution in [0.1, 0.15) is 16.2 Å². The number of rotatable bonds is 5. The molecule has 0 atom stereocenters. The first-order valence-electron chi connectivity index (χ1n) is 9.62. The zero-order valence-electron chi connectivity index (χ0n) is 17.1. The van der Waals surface area contributed by atoms with Crippen molar-refractivity contribution < 1.29 is 9.53 Å². The highest BCUT2D eigenvalue weighted by atomic mass is 16.5. The van der Waals surface area contributed by atoms with E-state index in [4.69, 9.17) is 4.74 Å². The highest BCUT2D eigenvalue weighted by Crippen LogP contribution is 2.32. The van der Waals surface area contributed by atoms with Crippen molar-refractivity contribution in [3.05, 3.63) is 84.2 Å². The molecule has 6 heteroatoms. The van der Waals surface area contributed by atoms with Gasteiger partial charge in [-0.05, 0) is 55.5 Å². The van der Waals surface area contributed by atoms with Gasteiger partial charge in [0.25, 0.3) is 5.91 Å². The second kappa shape index (κ2) is 8.21. The number of carbonyl (C=O) groups is 1. The van der Waals surface area contributed by atoms with Crippen LogP contribution >= 0.6 is 0 Å². The van der Waals surface area contributed by atoms with E-state index in [1.807, 2.05) is 67.4 Å². The van der Waals surface area contributed by atoms with Crippen LogP contribution in [0.4, 0.5) is 11.5 Å². The Balaban J connectivity index is 1.62. The molecule has 1 aromatic heterocycles. The fourth-order valence-electron chi connectivity index (χ4n) is 3.26. The smallest absolute Gasteiger partial charge is 0.251 e. The third-order valence-corrected chi connectivity index (χ3v) is 4.80. The van der Waals surface area contributed by atoms with Gasteiger partial charge in [0.1, 0.15) is 23.1 Å². The van der Waals surface area contributed by atoms with Crippen molar-refractivity contribution >= 4 is 28.3 Å². The number of nitrogens with one attached hydrogen (secondary N) is 1. The first-order valence-corrected chi connectivity index (χ1v) is 9.62. The number of hydrogen-bond donors (Lipinski definition) is 1. The van der Waals surface area contributed by atoms with E-state index in [9.17, 15) is 4.79 Å². The normalized spacial score (nSPS) is 10.6. The lowest BCUT2D eigenvalue weighted by molar-refractivity contribution is 0.0963. The zero-order valence-corrected chi connectivity index (χ0v) is 17.1. The first kappa shape index (κ1) is 19.4. The molecule has 30 heavy (non-hydrogen) atoms. The Kier molecular flexibility index (Phi) is 5.30. The first-order chi connectivity index (χ1) is 14.5. The molecule has 0 spiro atoms. The molecule has 4 aromatic rings. The summed E-state index contributed by atoms with van der Waals surface area (Å²) in [6.07, 6.45) is 0. The number of hydrogen-bond acceptors (Lipinski definition) is 5. The summed E-state index contributed by atoms with van der Waals surface area (Å²) in [6.45, 7) is 1.89. The van der Waals surface area contributed by atoms with Gasteiger partial charge < -0.3 is 15.0 Å². The monoisotopic (exact) mass is 398 g/mol. The van der Waals surface area contributed by atoms with E-state index in [1.165, 1.54) is 0 Å². The second-order valence-corrected chi connectivity index (χ2v) is 6.87. The average Bonchev–Trinajstić information content (AvgIpc) is 2.78. The molecule has 0 saturated heterocycles. The number of aromatic nitrogens is 2. The molecule has 6 nitrogen and oxygen atoms in total. The molecular formula is C24H22N4O2. The van der Waals surface area contributed by atoms with E-state index in [-0.39, 0.29) is 5.91 Å². The number of carbonyl (C=O) groups excluding carboxylic acids is 1. The van der Waals surface area contributed by atoms with Crippen LogP contribution in [0.5, 0.6) is 11.5 Å². The molecule has 4 rings (SSSR count). The second-order valence-electron chi connectivity index (χ2n) is 6.87. The Hall–Kier alpha value is -3.93. The quantitative estimate of drug-likeness (QED) is 0.520. The summed E-state index contributed by atoms with van der Waals surface area (Å²) in [7, 11) is 3.59. The maximum atomic E-state index is 11.7. The van der Waals surface area contributed by atoms with Gasteiger partial charge >= 0.3 is 0 Å². The number of benzene rings is 3. The van der Waals surface area contributed by atoms with Gasteiger partial charge in [-0.2, -0.15) is 0 Å². The minimum Gasteiger partial charge on any atom is -0.457 e. The van der Waals surface area contributed by atoms with E-state index in [2.05, 4.69) is 15.3 Å². The topological polar surface area (TPSA) is 67.3 Å². The van der Waals surface area contributed by atoms with Crippen LogP contribution in [-0.2, 0) is 0 Å². The average molecular weight is 398 g/mol. The van der Waals surface area contributed by atoms with E-state index < -0.39 is 0 Å². The van der Waals surface area contributed by atoms with Crippen LogP contribution in [0.25, 0.3) is 10.9 Å². The van der Waals surface area contributed by atoms with Gasteiger partial charge in [0.2, 0.25) is 0 Å². The summed E-state index contributed by atoms with van der Waals surface area (Å²) in [4.78, 5) is 22.9. The van der Waals surface area contributed by atoms with E-state index in [0.29, 0.717) is 17.1 Å². The van der Waals surface area contributed by atoms with Gasteiger partial charge in [-0.15, -0.1) is 0 Å². The minimum atomic E-state index is -0.127. The molecule has 150 valence electrons. The van der Waals surface area contributed by atoms with Crippen molar-refractivity contribution in [1.29, 1.82) is 0 Å². The fourth-order valence-corrected chi connectivity index (χ4v) is 3.26. The Morgan fingerprint density at radius 1 is 0.933 bits per heavy atom. The fraction of sp³-hybridized carbons (Fsp3) is 0.125. The van der Waals surface area contributed by atoms with Crippen LogP contribution in [0.3, 0.4) is 0 Å². The summed E-state index contributed by atoms with van der Waals surface area (Å²) in [5, 5.41) is 3.59. The lowest BCUT2D eigenvalue weighted by atomic mass is 10.2. The summed E-state index contributed by atoms with van der Waals surface area (Å²) in [5.74, 6) is 2.79. The van der Waals surface area contributed by atoms with Gasteiger partial charge in [-0.3, -0.25) is 4.79 Å². The number of anilines is 2. The maximum Gasteiger partial charge on any atom is 0.251 e. The van der Waals surface area contributed by atoms with E-state index >= 15 is 0 Å². The van der Waals surface area contributed by atoms with Crippen molar-refractivity contribution in [2.45, 2.75) is 6.92 Å². The molecule has 0 aliphatic heterocycles. The summed E-state index contributed by atoms with van der Waals surface area (Å²) >= 11 is 0. The summed E-state index contributed by atoms with van der Waals surface area (Å²) < 4.78 is 5.99. The number of amides is 1. The van der Waals surface area contributed by atoms with Gasteiger partial charge in [0, 0.05) is 36.8 Å². The summed E-state index contributed by atoms with van der Waals surface area (Å²) in [6, 6.07) is 22.8. The molecule has 0 fully saturated rings. The molecule has 3 aromatic carbocycles. The summed E-state index contributed by atoms with van der Waals surface area (Å²) in [5.41, 5.74) is 2.44. The predicted molar refractivity (Wildman–Crippen MR) is 119 cm³/mol. The number of para-hydroxylation sites is 1. The predicted octanol–water partition coefficient (Wildman–Crippen LogP) is 4.86. The standard InChI is InChI=1S/C24H22N4O2/c1-16-26-22-10-5-4-9-21(22)23(27-16)28(3)18-7-6-8-20(15-18)30-19-13-11-17(12-14-19)24(29)25-2/h4-15H,1-3H3,(H,25,29). The Morgan fingerprint density at radius 2 is 1.70 bits per heavy atom. The number of nitrogens with zero attached hydrogens (tertiary/aromatic N) is 3. The van der Waals surface area contributed by atoms with Crippen LogP contribution in [0.2, 0.25) is 0 Å². The van der Waals surface area contributed by atoms with E-state index in [1.54, 1.807) is 31.3 Å². The van der Waals surface area contributed by atoms with Gasteiger partial charge in [-0.25, -0.2) is 9.97 Å². The molecule has 0 aliphatic rings. The number of fused-ring (bicyclic) bond motifs is 1. The van der Waals surface area contributed by atoms with Crippen LogP contribution < -0.4 is 15.0 Å². The van der Waals surface area contributed by atoms with Gasteiger partial charge in [-0.1, -0.05) is 18.2 Å². The minimum absolute atomic E-state index is 0.127. The van der Waals surface area contributed by atoms with Crippen molar-refractivity contribution in [3.63, 3.8) is 0 Å². The van der Waals surface area contributed by atoms with Crippen LogP contribution in [-0.4, -0.2) is 30.0 Å². The lowest BCUT2D eigenvalue weighted by Gasteiger charge is -2.21. The highest BCUT2D eigenvalue weighted by Gasteiger charge is 2.13. The van der Waals surface area contributed by atoms with Crippen molar-refractivity contribution in [2.75, 3.05) is 19.0 Å². The largest absolute Gasteiger partial charge is 0.457 e. The molecule has 0 unspecified atom stereocenters. The Bertz CT molecular complexity index is 1210. The zero-order chi connectivity index (χ0) is 21.1. The lowest BCUT2D eigenvalue weighted by Crippen LogP contribution is -2.17. The Morgan fingerprint density at radius 3 is 2.47 bits per heavy atom. The molecule has 0 aliphatic carbocycles. The van der Waals surface area contributed by atoms with Crippen molar-refractivity contribution in [3.8, 4) is 11.5 Å². The number of aryl methyl sites for hydroxylation is 1. The van der Waals surface area contributed by atoms with Gasteiger partial charge in [0.15, 0.2) is 0 Å². The third kappa shape index (κ3) is 3.93. The number of ether oxygens (including phenoxy) is 1. The van der Waals surface area contributed by atoms with Gasteiger partial charge in [0.05, 0.1) is 5.52 Å². The molecule has 0 bridgehead atoms.